The van der Waals surface area contributed by atoms with Crippen LogP contribution in [0.15, 0.2) is 18.2 Å². The second-order valence-corrected chi connectivity index (χ2v) is 5.95. The molecule has 108 valence electrons. The lowest BCUT2D eigenvalue weighted by molar-refractivity contribution is 0.244. The highest BCUT2D eigenvalue weighted by Crippen LogP contribution is 2.29. The second-order valence-electron chi connectivity index (χ2n) is 5.95. The molecule has 2 amide bonds. The summed E-state index contributed by atoms with van der Waals surface area (Å²) in [6, 6.07) is 6.47. The summed E-state index contributed by atoms with van der Waals surface area (Å²) in [5, 5.41) is 6.05. The minimum absolute atomic E-state index is 0.0718. The molecule has 0 unspecified atom stereocenters. The van der Waals surface area contributed by atoms with Crippen LogP contribution in [0.1, 0.15) is 37.7 Å². The van der Waals surface area contributed by atoms with Crippen molar-refractivity contribution >= 4 is 17.4 Å². The highest BCUT2D eigenvalue weighted by molar-refractivity contribution is 5.90. The van der Waals surface area contributed by atoms with E-state index in [0.29, 0.717) is 6.04 Å². The topological polar surface area (TPSA) is 44.4 Å². The molecule has 2 aliphatic rings. The van der Waals surface area contributed by atoms with Gasteiger partial charge in [-0.1, -0.05) is 25.3 Å². The molecule has 0 spiro atoms. The third-order valence-corrected chi connectivity index (χ3v) is 4.41. The number of hydrogen-bond donors (Lipinski definition) is 2. The van der Waals surface area contributed by atoms with Gasteiger partial charge in [0.05, 0.1) is 0 Å². The van der Waals surface area contributed by atoms with Crippen LogP contribution in [0, 0.1) is 0 Å². The summed E-state index contributed by atoms with van der Waals surface area (Å²) in [4.78, 5) is 14.3. The molecule has 20 heavy (non-hydrogen) atoms. The van der Waals surface area contributed by atoms with E-state index in [-0.39, 0.29) is 6.03 Å². The van der Waals surface area contributed by atoms with Crippen molar-refractivity contribution in [2.24, 2.45) is 0 Å². The molecule has 1 aliphatic heterocycles. The summed E-state index contributed by atoms with van der Waals surface area (Å²) in [6.45, 7) is 1.06. The fourth-order valence-electron chi connectivity index (χ4n) is 3.22. The predicted molar refractivity (Wildman–Crippen MR) is 82.4 cm³/mol. The first-order chi connectivity index (χ1) is 9.72. The highest BCUT2D eigenvalue weighted by Gasteiger charge is 2.18. The zero-order valence-electron chi connectivity index (χ0n) is 12.1. The quantitative estimate of drug-likeness (QED) is 0.869. The Bertz CT molecular complexity index is 494. The Morgan fingerprint density at radius 2 is 2.05 bits per heavy atom. The molecule has 0 saturated heterocycles. The van der Waals surface area contributed by atoms with Gasteiger partial charge in [0, 0.05) is 31.0 Å². The summed E-state index contributed by atoms with van der Waals surface area (Å²) < 4.78 is 0. The Labute approximate surface area is 120 Å². The molecule has 0 atom stereocenters. The molecule has 3 rings (SSSR count). The first-order valence-corrected chi connectivity index (χ1v) is 7.64. The molecule has 4 heteroatoms. The molecular weight excluding hydrogens is 250 g/mol. The van der Waals surface area contributed by atoms with Gasteiger partial charge in [0.25, 0.3) is 0 Å². The minimum Gasteiger partial charge on any atom is -0.374 e. The van der Waals surface area contributed by atoms with Crippen molar-refractivity contribution in [3.05, 3.63) is 23.8 Å². The van der Waals surface area contributed by atoms with Gasteiger partial charge in [-0.2, -0.15) is 0 Å². The smallest absolute Gasteiger partial charge is 0.319 e. The maximum atomic E-state index is 12.0. The molecular formula is C16H23N3O. The van der Waals surface area contributed by atoms with Crippen LogP contribution >= 0.6 is 0 Å². The van der Waals surface area contributed by atoms with Crippen molar-refractivity contribution in [2.45, 2.75) is 44.6 Å². The van der Waals surface area contributed by atoms with E-state index >= 15 is 0 Å². The molecule has 2 N–H and O–H groups in total. The second kappa shape index (κ2) is 5.73. The normalized spacial score (nSPS) is 18.8. The van der Waals surface area contributed by atoms with Crippen LogP contribution in [0.2, 0.25) is 0 Å². The molecule has 1 aliphatic carbocycles. The van der Waals surface area contributed by atoms with Crippen LogP contribution in [-0.4, -0.2) is 25.7 Å². The number of likely N-dealkylation sites (N-methyl/N-ethyl adjacent to an activating group) is 1. The van der Waals surface area contributed by atoms with Gasteiger partial charge < -0.3 is 15.5 Å². The predicted octanol–water partition coefficient (Wildman–Crippen LogP) is 3.13. The average Bonchev–Trinajstić information content (AvgIpc) is 2.81. The largest absolute Gasteiger partial charge is 0.374 e. The number of carbonyl (C=O) groups is 1. The summed E-state index contributed by atoms with van der Waals surface area (Å²) in [5.41, 5.74) is 3.48. The lowest BCUT2D eigenvalue weighted by Crippen LogP contribution is -2.39. The molecule has 4 nitrogen and oxygen atoms in total. The van der Waals surface area contributed by atoms with Crippen LogP contribution in [0.3, 0.4) is 0 Å². The molecule has 0 radical (unpaired) electrons. The highest BCUT2D eigenvalue weighted by atomic mass is 16.2. The van der Waals surface area contributed by atoms with Crippen molar-refractivity contribution in [2.75, 3.05) is 23.8 Å². The van der Waals surface area contributed by atoms with Crippen molar-refractivity contribution in [3.8, 4) is 0 Å². The number of nitrogens with zero attached hydrogens (tertiary/aromatic N) is 1. The van der Waals surface area contributed by atoms with Crippen molar-refractivity contribution in [1.82, 2.24) is 5.32 Å². The summed E-state index contributed by atoms with van der Waals surface area (Å²) >= 11 is 0. The van der Waals surface area contributed by atoms with Gasteiger partial charge in [0.2, 0.25) is 0 Å². The number of hydrogen-bond acceptors (Lipinski definition) is 2. The zero-order chi connectivity index (χ0) is 13.9. The number of urea groups is 1. The van der Waals surface area contributed by atoms with E-state index in [1.54, 1.807) is 0 Å². The first-order valence-electron chi connectivity index (χ1n) is 7.64. The minimum atomic E-state index is -0.0718. The molecule has 1 fully saturated rings. The Hall–Kier alpha value is -1.71. The average molecular weight is 273 g/mol. The van der Waals surface area contributed by atoms with Gasteiger partial charge in [-0.3, -0.25) is 0 Å². The standard InChI is InChI=1S/C16H23N3O/c1-19-10-9-12-7-8-14(11-15(12)19)18-16(20)17-13-5-3-2-4-6-13/h7-8,11,13H,2-6,9-10H2,1H3,(H2,17,18,20). The maximum absolute atomic E-state index is 12.0. The third-order valence-electron chi connectivity index (χ3n) is 4.41. The van der Waals surface area contributed by atoms with Gasteiger partial charge in [0.15, 0.2) is 0 Å². The Balaban J connectivity index is 1.60. The van der Waals surface area contributed by atoms with Crippen molar-refractivity contribution in [3.63, 3.8) is 0 Å². The van der Waals surface area contributed by atoms with Crippen LogP contribution in [0.4, 0.5) is 16.2 Å². The number of carbonyl (C=O) groups excluding carboxylic acids is 1. The number of anilines is 2. The number of amides is 2. The van der Waals surface area contributed by atoms with E-state index in [9.17, 15) is 4.79 Å². The lowest BCUT2D eigenvalue weighted by Gasteiger charge is -2.23. The molecule has 1 aromatic rings. The number of nitrogens with one attached hydrogen (secondary N) is 2. The van der Waals surface area contributed by atoms with E-state index in [4.69, 9.17) is 0 Å². The number of fused-ring (bicyclic) bond motifs is 1. The number of rotatable bonds is 2. The zero-order valence-corrected chi connectivity index (χ0v) is 12.1. The van der Waals surface area contributed by atoms with Crippen LogP contribution in [0.25, 0.3) is 0 Å². The van der Waals surface area contributed by atoms with Gasteiger partial charge >= 0.3 is 6.03 Å². The van der Waals surface area contributed by atoms with E-state index in [0.717, 1.165) is 31.5 Å². The van der Waals surface area contributed by atoms with Crippen LogP contribution < -0.4 is 15.5 Å². The van der Waals surface area contributed by atoms with E-state index in [1.165, 1.54) is 30.5 Å². The monoisotopic (exact) mass is 273 g/mol. The van der Waals surface area contributed by atoms with Crippen LogP contribution in [0.5, 0.6) is 0 Å². The molecule has 0 aromatic heterocycles. The van der Waals surface area contributed by atoms with Gasteiger partial charge in [-0.15, -0.1) is 0 Å². The maximum Gasteiger partial charge on any atom is 0.319 e. The first kappa shape index (κ1) is 13.3. The SMILES string of the molecule is CN1CCc2ccc(NC(=O)NC3CCCCC3)cc21. The molecule has 1 saturated carbocycles. The van der Waals surface area contributed by atoms with Crippen molar-refractivity contribution < 1.29 is 4.79 Å². The van der Waals surface area contributed by atoms with E-state index in [1.807, 2.05) is 6.07 Å². The van der Waals surface area contributed by atoms with E-state index < -0.39 is 0 Å². The molecule has 0 bridgehead atoms. The Morgan fingerprint density at radius 1 is 1.25 bits per heavy atom. The van der Waals surface area contributed by atoms with Crippen molar-refractivity contribution in [1.29, 1.82) is 0 Å². The van der Waals surface area contributed by atoms with Gasteiger partial charge in [-0.25, -0.2) is 4.79 Å². The third kappa shape index (κ3) is 2.89. The fraction of sp³-hybridized carbons (Fsp3) is 0.562. The Kier molecular flexibility index (Phi) is 3.81. The van der Waals surface area contributed by atoms with Gasteiger partial charge in [0.1, 0.15) is 0 Å². The lowest BCUT2D eigenvalue weighted by atomic mass is 9.96. The van der Waals surface area contributed by atoms with Gasteiger partial charge in [-0.05, 0) is 37.0 Å². The van der Waals surface area contributed by atoms with E-state index in [2.05, 4.69) is 34.7 Å². The van der Waals surface area contributed by atoms with Crippen LogP contribution in [-0.2, 0) is 6.42 Å². The molecule has 1 heterocycles. The number of benzene rings is 1. The summed E-state index contributed by atoms with van der Waals surface area (Å²) in [5.74, 6) is 0. The summed E-state index contributed by atoms with van der Waals surface area (Å²) in [7, 11) is 2.09. The fourth-order valence-corrected chi connectivity index (χ4v) is 3.22. The summed E-state index contributed by atoms with van der Waals surface area (Å²) in [6.07, 6.45) is 7.08. The Morgan fingerprint density at radius 3 is 2.85 bits per heavy atom. The molecule has 1 aromatic carbocycles.